The predicted molar refractivity (Wildman–Crippen MR) is 32.5 cm³/mol. The minimum absolute atomic E-state index is 0.217. The van der Waals surface area contributed by atoms with Crippen LogP contribution in [0.4, 0.5) is 0 Å². The van der Waals surface area contributed by atoms with Crippen LogP contribution in [0.25, 0.3) is 0 Å². The van der Waals surface area contributed by atoms with Crippen molar-refractivity contribution in [2.24, 2.45) is 5.73 Å². The molecule has 58 valence electrons. The van der Waals surface area contributed by atoms with Crippen LogP contribution in [0, 0.1) is 0 Å². The molecule has 1 unspecified atom stereocenters. The molecule has 0 radical (unpaired) electrons. The molecule has 5 nitrogen and oxygen atoms in total. The van der Waals surface area contributed by atoms with Crippen LogP contribution in [0.2, 0.25) is 0 Å². The van der Waals surface area contributed by atoms with Crippen LogP contribution in [0.1, 0.15) is 6.42 Å². The average molecular weight is 146 g/mol. The van der Waals surface area contributed by atoms with Gasteiger partial charge in [0, 0.05) is 12.6 Å². The molecule has 0 bridgehead atoms. The Kier molecular flexibility index (Phi) is 1.89. The Morgan fingerprint density at radius 3 is 2.50 bits per heavy atom. The molecule has 0 spiro atoms. The van der Waals surface area contributed by atoms with Gasteiger partial charge in [0.15, 0.2) is 0 Å². The van der Waals surface area contributed by atoms with Gasteiger partial charge in [-0.3, -0.25) is 4.79 Å². The number of nitrogens with two attached hydrogens (primary N) is 1. The first-order valence-electron chi connectivity index (χ1n) is 3.05. The number of hydrogen-bond acceptors (Lipinski definition) is 4. The SMILES string of the molecule is NC1C[C@@H](C(=O)O)N(O)C1. The molecule has 0 saturated carbocycles. The monoisotopic (exact) mass is 146 g/mol. The Morgan fingerprint density at radius 2 is 2.30 bits per heavy atom. The van der Waals surface area contributed by atoms with E-state index in [4.69, 9.17) is 16.0 Å². The molecule has 1 aliphatic heterocycles. The van der Waals surface area contributed by atoms with Crippen molar-refractivity contribution in [1.82, 2.24) is 5.06 Å². The Morgan fingerprint density at radius 1 is 1.70 bits per heavy atom. The van der Waals surface area contributed by atoms with Crippen LogP contribution in [-0.2, 0) is 4.79 Å². The Hall–Kier alpha value is -0.650. The van der Waals surface area contributed by atoms with Crippen LogP contribution in [0.15, 0.2) is 0 Å². The summed E-state index contributed by atoms with van der Waals surface area (Å²) in [5, 5.41) is 18.1. The standard InChI is InChI=1S/C5H10N2O3/c6-3-1-4(5(8)9)7(10)2-3/h3-4,10H,1-2,6H2,(H,8,9)/t3?,4-/m0/s1. The van der Waals surface area contributed by atoms with Gasteiger partial charge in [0.1, 0.15) is 6.04 Å². The highest BCUT2D eigenvalue weighted by Crippen LogP contribution is 2.13. The molecule has 10 heavy (non-hydrogen) atoms. The first-order valence-corrected chi connectivity index (χ1v) is 3.05. The van der Waals surface area contributed by atoms with Gasteiger partial charge in [-0.1, -0.05) is 0 Å². The third-order valence-electron chi connectivity index (χ3n) is 1.59. The zero-order valence-electron chi connectivity index (χ0n) is 5.40. The summed E-state index contributed by atoms with van der Waals surface area (Å²) in [7, 11) is 0. The van der Waals surface area contributed by atoms with Crippen LogP contribution < -0.4 is 5.73 Å². The van der Waals surface area contributed by atoms with Crippen LogP contribution in [0.3, 0.4) is 0 Å². The number of carbonyl (C=O) groups is 1. The van der Waals surface area contributed by atoms with Crippen molar-refractivity contribution >= 4 is 5.97 Å². The molecule has 5 heteroatoms. The fraction of sp³-hybridized carbons (Fsp3) is 0.800. The number of carboxylic acid groups (broad SMARTS) is 1. The van der Waals surface area contributed by atoms with Crippen molar-refractivity contribution in [3.63, 3.8) is 0 Å². The van der Waals surface area contributed by atoms with Gasteiger partial charge in [0.05, 0.1) is 0 Å². The lowest BCUT2D eigenvalue weighted by Gasteiger charge is -2.10. The number of nitrogens with zero attached hydrogens (tertiary/aromatic N) is 1. The number of hydroxylamine groups is 2. The van der Waals surface area contributed by atoms with Crippen molar-refractivity contribution in [3.05, 3.63) is 0 Å². The summed E-state index contributed by atoms with van der Waals surface area (Å²) in [4.78, 5) is 10.3. The quantitative estimate of drug-likeness (QED) is 0.435. The smallest absolute Gasteiger partial charge is 0.323 e. The largest absolute Gasteiger partial charge is 0.480 e. The highest BCUT2D eigenvalue weighted by Gasteiger charge is 2.34. The van der Waals surface area contributed by atoms with E-state index in [1.807, 2.05) is 0 Å². The van der Waals surface area contributed by atoms with Gasteiger partial charge < -0.3 is 16.0 Å². The van der Waals surface area contributed by atoms with E-state index in [0.29, 0.717) is 6.42 Å². The second-order valence-electron chi connectivity index (χ2n) is 2.47. The van der Waals surface area contributed by atoms with Crippen molar-refractivity contribution in [2.45, 2.75) is 18.5 Å². The number of rotatable bonds is 1. The summed E-state index contributed by atoms with van der Waals surface area (Å²) in [5.74, 6) is -1.02. The third-order valence-corrected chi connectivity index (χ3v) is 1.59. The average Bonchev–Trinajstić information content (AvgIpc) is 2.10. The topological polar surface area (TPSA) is 86.8 Å². The summed E-state index contributed by atoms with van der Waals surface area (Å²) in [5.41, 5.74) is 5.39. The van der Waals surface area contributed by atoms with Crippen molar-refractivity contribution in [2.75, 3.05) is 6.54 Å². The number of aliphatic carboxylic acids is 1. The molecule has 1 saturated heterocycles. The maximum atomic E-state index is 10.3. The van der Waals surface area contributed by atoms with E-state index in [2.05, 4.69) is 0 Å². The van der Waals surface area contributed by atoms with E-state index in [1.54, 1.807) is 0 Å². The van der Waals surface area contributed by atoms with Crippen molar-refractivity contribution in [3.8, 4) is 0 Å². The predicted octanol–water partition coefficient (Wildman–Crippen LogP) is -1.14. The van der Waals surface area contributed by atoms with E-state index in [-0.39, 0.29) is 12.6 Å². The zero-order chi connectivity index (χ0) is 7.72. The molecule has 0 aromatic rings. The summed E-state index contributed by atoms with van der Waals surface area (Å²) < 4.78 is 0. The van der Waals surface area contributed by atoms with E-state index in [0.717, 1.165) is 5.06 Å². The Bertz CT molecular complexity index is 150. The van der Waals surface area contributed by atoms with Crippen molar-refractivity contribution < 1.29 is 15.1 Å². The molecule has 1 aliphatic rings. The molecule has 4 N–H and O–H groups in total. The first kappa shape index (κ1) is 7.46. The fourth-order valence-electron chi connectivity index (χ4n) is 1.08. The van der Waals surface area contributed by atoms with Gasteiger partial charge in [-0.2, -0.15) is 5.06 Å². The van der Waals surface area contributed by atoms with E-state index in [9.17, 15) is 4.79 Å². The summed E-state index contributed by atoms with van der Waals surface area (Å²) in [6.07, 6.45) is 0.325. The molecule has 0 aromatic heterocycles. The summed E-state index contributed by atoms with van der Waals surface area (Å²) >= 11 is 0. The van der Waals surface area contributed by atoms with Gasteiger partial charge >= 0.3 is 5.97 Å². The van der Waals surface area contributed by atoms with Crippen molar-refractivity contribution in [1.29, 1.82) is 0 Å². The lowest BCUT2D eigenvalue weighted by molar-refractivity contribution is -0.161. The highest BCUT2D eigenvalue weighted by atomic mass is 16.5. The van der Waals surface area contributed by atoms with E-state index < -0.39 is 12.0 Å². The maximum absolute atomic E-state index is 10.3. The molecule has 1 fully saturated rings. The lowest BCUT2D eigenvalue weighted by Crippen LogP contribution is -2.33. The molecule has 2 atom stereocenters. The van der Waals surface area contributed by atoms with Gasteiger partial charge in [-0.05, 0) is 6.42 Å². The summed E-state index contributed by atoms with van der Waals surface area (Å²) in [6, 6.07) is -1.03. The first-order chi connectivity index (χ1) is 4.61. The number of hydrogen-bond donors (Lipinski definition) is 3. The molecule has 0 amide bonds. The van der Waals surface area contributed by atoms with Gasteiger partial charge in [0.2, 0.25) is 0 Å². The lowest BCUT2D eigenvalue weighted by atomic mass is 10.2. The molecular weight excluding hydrogens is 136 g/mol. The van der Waals surface area contributed by atoms with Crippen LogP contribution in [-0.4, -0.2) is 40.0 Å². The third kappa shape index (κ3) is 1.26. The molecule has 0 aromatic carbocycles. The normalized spacial score (nSPS) is 34.6. The fourth-order valence-corrected chi connectivity index (χ4v) is 1.08. The zero-order valence-corrected chi connectivity index (χ0v) is 5.40. The molecule has 1 heterocycles. The van der Waals surface area contributed by atoms with E-state index in [1.165, 1.54) is 0 Å². The molecule has 1 rings (SSSR count). The maximum Gasteiger partial charge on any atom is 0.323 e. The Balaban J connectivity index is 2.54. The summed E-state index contributed by atoms with van der Waals surface area (Å²) in [6.45, 7) is 0.247. The van der Waals surface area contributed by atoms with Gasteiger partial charge in [-0.15, -0.1) is 0 Å². The highest BCUT2D eigenvalue weighted by molar-refractivity contribution is 5.73. The van der Waals surface area contributed by atoms with E-state index >= 15 is 0 Å². The molecule has 0 aliphatic carbocycles. The minimum Gasteiger partial charge on any atom is -0.480 e. The molecular formula is C5H10N2O3. The second-order valence-corrected chi connectivity index (χ2v) is 2.47. The van der Waals surface area contributed by atoms with Crippen LogP contribution in [0.5, 0.6) is 0 Å². The second kappa shape index (κ2) is 2.53. The van der Waals surface area contributed by atoms with Gasteiger partial charge in [-0.25, -0.2) is 0 Å². The van der Waals surface area contributed by atoms with Crippen LogP contribution >= 0.6 is 0 Å². The Labute approximate surface area is 58.0 Å². The number of carboxylic acids is 1. The minimum atomic E-state index is -1.02. The van der Waals surface area contributed by atoms with Gasteiger partial charge in [0.25, 0.3) is 0 Å².